The van der Waals surface area contributed by atoms with E-state index in [1.54, 1.807) is 0 Å². The van der Waals surface area contributed by atoms with Crippen molar-refractivity contribution in [2.45, 2.75) is 0 Å². The van der Waals surface area contributed by atoms with Crippen LogP contribution >= 0.6 is 50.1 Å². The summed E-state index contributed by atoms with van der Waals surface area (Å²) in [6, 6.07) is 5.90. The van der Waals surface area contributed by atoms with Gasteiger partial charge in [0, 0.05) is 8.04 Å². The molecule has 1 aromatic heterocycles. The summed E-state index contributed by atoms with van der Waals surface area (Å²) in [5, 5.41) is 3.52. The zero-order chi connectivity index (χ0) is 12.4. The van der Waals surface area contributed by atoms with Gasteiger partial charge in [-0.15, -0.1) is 0 Å². The van der Waals surface area contributed by atoms with Gasteiger partial charge in [0.2, 0.25) is 5.95 Å². The SMILES string of the molecule is Nc1ncc(Cl)c(Nc2ccc(I)cc2Br)n1. The maximum atomic E-state index is 5.97. The van der Waals surface area contributed by atoms with Crippen LogP contribution in [-0.2, 0) is 0 Å². The van der Waals surface area contributed by atoms with Crippen molar-refractivity contribution in [3.05, 3.63) is 37.5 Å². The van der Waals surface area contributed by atoms with E-state index in [0.29, 0.717) is 10.8 Å². The van der Waals surface area contributed by atoms with Gasteiger partial charge >= 0.3 is 0 Å². The molecule has 0 amide bonds. The molecule has 4 nitrogen and oxygen atoms in total. The first-order valence-corrected chi connectivity index (χ1v) is 6.81. The number of nitrogens with two attached hydrogens (primary N) is 1. The number of hydrogen-bond acceptors (Lipinski definition) is 4. The third-order valence-corrected chi connectivity index (χ3v) is 3.55. The van der Waals surface area contributed by atoms with E-state index < -0.39 is 0 Å². The number of aromatic nitrogens is 2. The highest BCUT2D eigenvalue weighted by Crippen LogP contribution is 2.29. The summed E-state index contributed by atoms with van der Waals surface area (Å²) in [7, 11) is 0. The Morgan fingerprint density at radius 3 is 2.88 bits per heavy atom. The fourth-order valence-corrected chi connectivity index (χ4v) is 2.72. The number of nitrogens with zero attached hydrogens (tertiary/aromatic N) is 2. The molecule has 0 radical (unpaired) electrons. The molecule has 0 saturated heterocycles. The van der Waals surface area contributed by atoms with Gasteiger partial charge in [-0.05, 0) is 56.7 Å². The highest BCUT2D eigenvalue weighted by molar-refractivity contribution is 14.1. The van der Waals surface area contributed by atoms with Crippen LogP contribution in [0.1, 0.15) is 0 Å². The Bertz CT molecular complexity index is 564. The molecule has 0 aliphatic heterocycles. The van der Waals surface area contributed by atoms with E-state index in [1.165, 1.54) is 6.20 Å². The lowest BCUT2D eigenvalue weighted by atomic mass is 10.3. The number of hydrogen-bond donors (Lipinski definition) is 2. The molecule has 7 heteroatoms. The first kappa shape index (κ1) is 12.8. The summed E-state index contributed by atoms with van der Waals surface area (Å²) < 4.78 is 2.06. The lowest BCUT2D eigenvalue weighted by Crippen LogP contribution is -2.00. The average molecular weight is 425 g/mol. The molecule has 0 saturated carbocycles. The van der Waals surface area contributed by atoms with Gasteiger partial charge < -0.3 is 11.1 Å². The third kappa shape index (κ3) is 3.20. The molecule has 1 aromatic carbocycles. The van der Waals surface area contributed by atoms with Crippen molar-refractivity contribution in [3.8, 4) is 0 Å². The second-order valence-electron chi connectivity index (χ2n) is 3.17. The average Bonchev–Trinajstić information content (AvgIpc) is 2.27. The van der Waals surface area contributed by atoms with Crippen molar-refractivity contribution < 1.29 is 0 Å². The van der Waals surface area contributed by atoms with E-state index in [4.69, 9.17) is 17.3 Å². The van der Waals surface area contributed by atoms with Crippen LogP contribution in [0.2, 0.25) is 5.02 Å². The van der Waals surface area contributed by atoms with Gasteiger partial charge in [0.1, 0.15) is 5.02 Å². The maximum absolute atomic E-state index is 5.97. The van der Waals surface area contributed by atoms with E-state index in [0.717, 1.165) is 13.7 Å². The summed E-state index contributed by atoms with van der Waals surface area (Å²) in [5.41, 5.74) is 6.38. The van der Waals surface area contributed by atoms with E-state index in [9.17, 15) is 0 Å². The smallest absolute Gasteiger partial charge is 0.222 e. The van der Waals surface area contributed by atoms with Crippen LogP contribution in [0.5, 0.6) is 0 Å². The summed E-state index contributed by atoms with van der Waals surface area (Å²) in [5.74, 6) is 0.666. The molecule has 1 heterocycles. The normalized spacial score (nSPS) is 10.3. The lowest BCUT2D eigenvalue weighted by Gasteiger charge is -2.09. The molecule has 0 fully saturated rings. The van der Waals surface area contributed by atoms with Crippen LogP contribution in [-0.4, -0.2) is 9.97 Å². The molecule has 0 spiro atoms. The van der Waals surface area contributed by atoms with Crippen molar-refractivity contribution in [1.29, 1.82) is 0 Å². The molecule has 0 aliphatic rings. The minimum atomic E-state index is 0.179. The Labute approximate surface area is 125 Å². The topological polar surface area (TPSA) is 63.8 Å². The number of rotatable bonds is 2. The maximum Gasteiger partial charge on any atom is 0.222 e. The summed E-state index contributed by atoms with van der Waals surface area (Å²) >= 11 is 11.7. The molecule has 0 atom stereocenters. The second kappa shape index (κ2) is 5.36. The van der Waals surface area contributed by atoms with Crippen molar-refractivity contribution in [2.75, 3.05) is 11.1 Å². The Morgan fingerprint density at radius 1 is 1.41 bits per heavy atom. The van der Waals surface area contributed by atoms with Crippen LogP contribution in [0.4, 0.5) is 17.5 Å². The van der Waals surface area contributed by atoms with E-state index in [1.807, 2.05) is 18.2 Å². The Hall–Kier alpha value is -0.600. The molecule has 2 aromatic rings. The largest absolute Gasteiger partial charge is 0.368 e. The van der Waals surface area contributed by atoms with Crippen molar-refractivity contribution >= 4 is 67.6 Å². The van der Waals surface area contributed by atoms with Gasteiger partial charge in [-0.3, -0.25) is 0 Å². The summed E-state index contributed by atoms with van der Waals surface area (Å²) in [4.78, 5) is 7.83. The fourth-order valence-electron chi connectivity index (χ4n) is 1.19. The zero-order valence-electron chi connectivity index (χ0n) is 8.42. The van der Waals surface area contributed by atoms with Gasteiger partial charge in [0.15, 0.2) is 5.82 Å². The number of nitrogens with one attached hydrogen (secondary N) is 1. The van der Waals surface area contributed by atoms with Crippen LogP contribution in [0.25, 0.3) is 0 Å². The highest BCUT2D eigenvalue weighted by Gasteiger charge is 2.06. The number of nitrogen functional groups attached to an aromatic ring is 1. The van der Waals surface area contributed by atoms with Gasteiger partial charge in [-0.2, -0.15) is 4.98 Å². The second-order valence-corrected chi connectivity index (χ2v) is 5.68. The van der Waals surface area contributed by atoms with Gasteiger partial charge in [0.05, 0.1) is 11.9 Å². The number of halogens is 3. The standard InChI is InChI=1S/C10H7BrClIN4/c11-6-3-5(13)1-2-8(6)16-9-7(12)4-15-10(14)17-9/h1-4H,(H3,14,15,16,17). The van der Waals surface area contributed by atoms with E-state index in [2.05, 4.69) is 53.8 Å². The van der Waals surface area contributed by atoms with Gasteiger partial charge in [-0.1, -0.05) is 11.6 Å². The van der Waals surface area contributed by atoms with Gasteiger partial charge in [-0.25, -0.2) is 4.98 Å². The fraction of sp³-hybridized carbons (Fsp3) is 0. The van der Waals surface area contributed by atoms with E-state index in [-0.39, 0.29) is 5.95 Å². The molecule has 0 unspecified atom stereocenters. The highest BCUT2D eigenvalue weighted by atomic mass is 127. The predicted molar refractivity (Wildman–Crippen MR) is 81.6 cm³/mol. The Morgan fingerprint density at radius 2 is 2.18 bits per heavy atom. The minimum Gasteiger partial charge on any atom is -0.368 e. The quantitative estimate of drug-likeness (QED) is 0.718. The summed E-state index contributed by atoms with van der Waals surface area (Å²) in [6.07, 6.45) is 1.47. The Kier molecular flexibility index (Phi) is 4.05. The van der Waals surface area contributed by atoms with Gasteiger partial charge in [0.25, 0.3) is 0 Å². The third-order valence-electron chi connectivity index (χ3n) is 1.95. The predicted octanol–water partition coefficient (Wildman–Crippen LogP) is 3.82. The first-order chi connectivity index (χ1) is 8.06. The van der Waals surface area contributed by atoms with Crippen LogP contribution < -0.4 is 11.1 Å². The molecule has 0 aliphatic carbocycles. The zero-order valence-corrected chi connectivity index (χ0v) is 12.9. The minimum absolute atomic E-state index is 0.179. The molecule has 3 N–H and O–H groups in total. The number of benzene rings is 1. The molecule has 2 rings (SSSR count). The molecule has 0 bridgehead atoms. The molecule has 17 heavy (non-hydrogen) atoms. The van der Waals surface area contributed by atoms with Crippen molar-refractivity contribution in [2.24, 2.45) is 0 Å². The van der Waals surface area contributed by atoms with Crippen molar-refractivity contribution in [1.82, 2.24) is 9.97 Å². The molecular weight excluding hydrogens is 418 g/mol. The number of anilines is 3. The lowest BCUT2D eigenvalue weighted by molar-refractivity contribution is 1.18. The van der Waals surface area contributed by atoms with E-state index >= 15 is 0 Å². The molecule has 88 valence electrons. The van der Waals surface area contributed by atoms with Crippen LogP contribution in [0.15, 0.2) is 28.9 Å². The molecular formula is C10H7BrClIN4. The van der Waals surface area contributed by atoms with Crippen molar-refractivity contribution in [3.63, 3.8) is 0 Å². The monoisotopic (exact) mass is 424 g/mol. The Balaban J connectivity index is 2.34. The summed E-state index contributed by atoms with van der Waals surface area (Å²) in [6.45, 7) is 0. The van der Waals surface area contributed by atoms with Crippen LogP contribution in [0, 0.1) is 3.57 Å². The first-order valence-electron chi connectivity index (χ1n) is 4.56. The van der Waals surface area contributed by atoms with Crippen LogP contribution in [0.3, 0.4) is 0 Å².